The Balaban J connectivity index is 1.64. The fraction of sp³-hybridized carbons (Fsp3) is 0.211. The minimum Gasteiger partial charge on any atom is -0.360 e. The summed E-state index contributed by atoms with van der Waals surface area (Å²) in [5.74, 6) is -0.560. The van der Waals surface area contributed by atoms with E-state index in [9.17, 15) is 14.0 Å². The van der Waals surface area contributed by atoms with Crippen LogP contribution in [0.4, 0.5) is 4.39 Å². The van der Waals surface area contributed by atoms with Gasteiger partial charge in [-0.05, 0) is 50.1 Å². The third kappa shape index (κ3) is 3.03. The Morgan fingerprint density at radius 1 is 1.27 bits per heavy atom. The zero-order valence-electron chi connectivity index (χ0n) is 14.0. The average molecular weight is 353 g/mol. The molecule has 0 bridgehead atoms. The summed E-state index contributed by atoms with van der Waals surface area (Å²) in [5, 5.41) is 6.81. The molecule has 7 heteroatoms. The van der Waals surface area contributed by atoms with Crippen molar-refractivity contribution in [2.75, 3.05) is 0 Å². The van der Waals surface area contributed by atoms with Gasteiger partial charge >= 0.3 is 0 Å². The third-order valence-electron chi connectivity index (χ3n) is 4.31. The molecule has 4 rings (SSSR count). The first-order valence-electron chi connectivity index (χ1n) is 8.29. The van der Waals surface area contributed by atoms with Crippen molar-refractivity contribution in [2.24, 2.45) is 0 Å². The van der Waals surface area contributed by atoms with Crippen LogP contribution in [-0.2, 0) is 0 Å². The quantitative estimate of drug-likeness (QED) is 0.689. The maximum absolute atomic E-state index is 13.2. The second-order valence-corrected chi connectivity index (χ2v) is 6.35. The number of aromatic amines is 1. The van der Waals surface area contributed by atoms with Crippen molar-refractivity contribution >= 4 is 11.7 Å². The Bertz CT molecular complexity index is 984. The number of H-pyrrole nitrogens is 1. The molecule has 1 fully saturated rings. The standard InChI is InChI=1S/C19H16FN3O3/c1-10-16(17(23-26-10)11-2-4-13(20)5-3-11)18(24)12-8-15(21-9-12)19(25)22-14-6-7-14/h2-5,8-9,14,21H,6-7H2,1H3,(H,22,25). The van der Waals surface area contributed by atoms with E-state index in [0.717, 1.165) is 12.8 Å². The molecular formula is C19H16FN3O3. The fourth-order valence-corrected chi connectivity index (χ4v) is 2.74. The molecule has 132 valence electrons. The van der Waals surface area contributed by atoms with Crippen LogP contribution in [-0.4, -0.2) is 27.9 Å². The topological polar surface area (TPSA) is 88.0 Å². The van der Waals surface area contributed by atoms with Gasteiger partial charge in [-0.15, -0.1) is 0 Å². The van der Waals surface area contributed by atoms with Gasteiger partial charge in [0.05, 0.1) is 5.56 Å². The van der Waals surface area contributed by atoms with Crippen molar-refractivity contribution in [3.05, 3.63) is 64.9 Å². The van der Waals surface area contributed by atoms with E-state index in [0.29, 0.717) is 33.8 Å². The van der Waals surface area contributed by atoms with Crippen molar-refractivity contribution < 1.29 is 18.5 Å². The van der Waals surface area contributed by atoms with Gasteiger partial charge in [0.25, 0.3) is 5.91 Å². The number of benzene rings is 1. The number of nitrogens with zero attached hydrogens (tertiary/aromatic N) is 1. The number of aromatic nitrogens is 2. The zero-order chi connectivity index (χ0) is 18.3. The number of amides is 1. The van der Waals surface area contributed by atoms with Gasteiger partial charge in [-0.1, -0.05) is 5.16 Å². The number of aryl methyl sites for hydroxylation is 1. The van der Waals surface area contributed by atoms with Crippen LogP contribution in [0.5, 0.6) is 0 Å². The minimum atomic E-state index is -0.376. The second-order valence-electron chi connectivity index (χ2n) is 6.35. The van der Waals surface area contributed by atoms with Crippen molar-refractivity contribution in [3.8, 4) is 11.3 Å². The number of nitrogens with one attached hydrogen (secondary N) is 2. The van der Waals surface area contributed by atoms with E-state index in [1.165, 1.54) is 36.5 Å². The number of ketones is 1. The predicted molar refractivity (Wildman–Crippen MR) is 91.3 cm³/mol. The SMILES string of the molecule is Cc1onc(-c2ccc(F)cc2)c1C(=O)c1c[nH]c(C(=O)NC2CC2)c1. The first-order valence-corrected chi connectivity index (χ1v) is 8.29. The van der Waals surface area contributed by atoms with Crippen LogP contribution < -0.4 is 5.32 Å². The number of hydrogen-bond acceptors (Lipinski definition) is 4. The molecular weight excluding hydrogens is 337 g/mol. The number of rotatable bonds is 5. The van der Waals surface area contributed by atoms with Gasteiger partial charge in [-0.25, -0.2) is 4.39 Å². The molecule has 1 aromatic carbocycles. The van der Waals surface area contributed by atoms with Crippen LogP contribution in [0.2, 0.25) is 0 Å². The average Bonchev–Trinajstić information content (AvgIpc) is 3.16. The van der Waals surface area contributed by atoms with Crippen molar-refractivity contribution in [1.82, 2.24) is 15.5 Å². The molecule has 2 aromatic heterocycles. The molecule has 1 saturated carbocycles. The molecule has 1 aliphatic carbocycles. The van der Waals surface area contributed by atoms with Crippen molar-refractivity contribution in [3.63, 3.8) is 0 Å². The van der Waals surface area contributed by atoms with E-state index >= 15 is 0 Å². The van der Waals surface area contributed by atoms with Crippen LogP contribution in [0, 0.1) is 12.7 Å². The third-order valence-corrected chi connectivity index (χ3v) is 4.31. The molecule has 26 heavy (non-hydrogen) atoms. The summed E-state index contributed by atoms with van der Waals surface area (Å²) in [5.41, 5.74) is 1.88. The zero-order valence-corrected chi connectivity index (χ0v) is 14.0. The first kappa shape index (κ1) is 16.3. The second kappa shape index (κ2) is 6.25. The Kier molecular flexibility index (Phi) is 3.91. The van der Waals surface area contributed by atoms with Crippen LogP contribution in [0.15, 0.2) is 41.1 Å². The highest BCUT2D eigenvalue weighted by atomic mass is 19.1. The molecule has 0 atom stereocenters. The van der Waals surface area contributed by atoms with E-state index in [1.807, 2.05) is 0 Å². The Labute approximate surface area is 148 Å². The molecule has 2 heterocycles. The number of carbonyl (C=O) groups excluding carboxylic acids is 2. The molecule has 0 saturated heterocycles. The van der Waals surface area contributed by atoms with Crippen LogP contribution in [0.1, 0.15) is 45.0 Å². The lowest BCUT2D eigenvalue weighted by atomic mass is 9.99. The summed E-state index contributed by atoms with van der Waals surface area (Å²) < 4.78 is 18.3. The van der Waals surface area contributed by atoms with Crippen molar-refractivity contribution in [2.45, 2.75) is 25.8 Å². The molecule has 2 N–H and O–H groups in total. The van der Waals surface area contributed by atoms with Crippen molar-refractivity contribution in [1.29, 1.82) is 0 Å². The highest BCUT2D eigenvalue weighted by Gasteiger charge is 2.27. The lowest BCUT2D eigenvalue weighted by Gasteiger charge is -2.01. The molecule has 0 aliphatic heterocycles. The summed E-state index contributed by atoms with van der Waals surface area (Å²) >= 11 is 0. The highest BCUT2D eigenvalue weighted by molar-refractivity contribution is 6.13. The van der Waals surface area contributed by atoms with Gasteiger partial charge in [0.1, 0.15) is 23.0 Å². The summed E-state index contributed by atoms with van der Waals surface area (Å²) in [6.07, 6.45) is 3.46. The minimum absolute atomic E-state index is 0.229. The maximum atomic E-state index is 13.2. The van der Waals surface area contributed by atoms with E-state index < -0.39 is 0 Å². The summed E-state index contributed by atoms with van der Waals surface area (Å²) in [6, 6.07) is 7.41. The number of halogens is 1. The van der Waals surface area contributed by atoms with Crippen LogP contribution in [0.25, 0.3) is 11.3 Å². The van der Waals surface area contributed by atoms with E-state index in [1.54, 1.807) is 6.92 Å². The highest BCUT2D eigenvalue weighted by Crippen LogP contribution is 2.28. The monoisotopic (exact) mass is 353 g/mol. The largest absolute Gasteiger partial charge is 0.360 e. The van der Waals surface area contributed by atoms with E-state index in [4.69, 9.17) is 4.52 Å². The first-order chi connectivity index (χ1) is 12.5. The van der Waals surface area contributed by atoms with Gasteiger partial charge in [-0.2, -0.15) is 0 Å². The van der Waals surface area contributed by atoms with Gasteiger partial charge in [0.2, 0.25) is 0 Å². The van der Waals surface area contributed by atoms with Gasteiger partial charge in [0.15, 0.2) is 5.78 Å². The molecule has 6 nitrogen and oxygen atoms in total. The molecule has 1 amide bonds. The Hall–Kier alpha value is -3.22. The predicted octanol–water partition coefficient (Wildman–Crippen LogP) is 3.24. The van der Waals surface area contributed by atoms with Crippen LogP contribution in [0.3, 0.4) is 0 Å². The van der Waals surface area contributed by atoms with Gasteiger partial charge in [0, 0.05) is 23.4 Å². The van der Waals surface area contributed by atoms with Gasteiger partial charge < -0.3 is 14.8 Å². The Morgan fingerprint density at radius 3 is 2.69 bits per heavy atom. The summed E-state index contributed by atoms with van der Waals surface area (Å²) in [4.78, 5) is 27.9. The summed E-state index contributed by atoms with van der Waals surface area (Å²) in [7, 11) is 0. The van der Waals surface area contributed by atoms with Crippen LogP contribution >= 0.6 is 0 Å². The molecule has 0 spiro atoms. The molecule has 0 unspecified atom stereocenters. The molecule has 3 aromatic rings. The number of hydrogen-bond donors (Lipinski definition) is 2. The number of carbonyl (C=O) groups is 2. The Morgan fingerprint density at radius 2 is 2.00 bits per heavy atom. The normalized spacial score (nSPS) is 13.6. The summed E-state index contributed by atoms with van der Waals surface area (Å²) in [6.45, 7) is 1.64. The fourth-order valence-electron chi connectivity index (χ4n) is 2.74. The van der Waals surface area contributed by atoms with E-state index in [-0.39, 0.29) is 23.5 Å². The van der Waals surface area contributed by atoms with E-state index in [2.05, 4.69) is 15.5 Å². The van der Waals surface area contributed by atoms with Gasteiger partial charge in [-0.3, -0.25) is 9.59 Å². The molecule has 1 aliphatic rings. The maximum Gasteiger partial charge on any atom is 0.267 e. The smallest absolute Gasteiger partial charge is 0.267 e. The molecule has 0 radical (unpaired) electrons. The lowest BCUT2D eigenvalue weighted by molar-refractivity contribution is 0.0946. The lowest BCUT2D eigenvalue weighted by Crippen LogP contribution is -2.25.